The Labute approximate surface area is 128 Å². The Bertz CT molecular complexity index is 697. The Morgan fingerprint density at radius 1 is 1.27 bits per heavy atom. The zero-order chi connectivity index (χ0) is 15.7. The normalized spacial score (nSPS) is 18.5. The molecule has 116 valence electrons. The molecule has 1 aliphatic heterocycles. The van der Waals surface area contributed by atoms with Crippen LogP contribution in [0.1, 0.15) is 24.2 Å². The molecule has 3 heterocycles. The van der Waals surface area contributed by atoms with Gasteiger partial charge in [-0.2, -0.15) is 5.10 Å². The van der Waals surface area contributed by atoms with E-state index in [1.165, 1.54) is 6.33 Å². The number of aromatic nitrogens is 4. The Morgan fingerprint density at radius 2 is 2.05 bits per heavy atom. The molecule has 0 aromatic carbocycles. The number of aryl methyl sites for hydroxylation is 2. The Balaban J connectivity index is 1.88. The fraction of sp³-hybridized carbons (Fsp3) is 0.467. The van der Waals surface area contributed by atoms with Crippen LogP contribution in [0.25, 0.3) is 5.82 Å². The summed E-state index contributed by atoms with van der Waals surface area (Å²) in [5.74, 6) is 0.384. The van der Waals surface area contributed by atoms with Gasteiger partial charge >= 0.3 is 5.97 Å². The van der Waals surface area contributed by atoms with E-state index in [0.29, 0.717) is 12.4 Å². The van der Waals surface area contributed by atoms with Crippen molar-refractivity contribution < 1.29 is 9.90 Å². The van der Waals surface area contributed by atoms with Crippen molar-refractivity contribution in [2.45, 2.75) is 26.7 Å². The second-order valence-electron chi connectivity index (χ2n) is 5.70. The van der Waals surface area contributed by atoms with E-state index >= 15 is 0 Å². The Morgan fingerprint density at radius 3 is 2.73 bits per heavy atom. The molecule has 0 radical (unpaired) electrons. The van der Waals surface area contributed by atoms with Crippen molar-refractivity contribution in [2.24, 2.45) is 5.92 Å². The number of nitrogens with zero attached hydrogens (tertiary/aromatic N) is 5. The highest BCUT2D eigenvalue weighted by molar-refractivity contribution is 5.71. The lowest BCUT2D eigenvalue weighted by molar-refractivity contribution is -0.141. The van der Waals surface area contributed by atoms with Crippen molar-refractivity contribution in [3.8, 4) is 5.82 Å². The second kappa shape index (κ2) is 5.75. The van der Waals surface area contributed by atoms with E-state index in [9.17, 15) is 9.90 Å². The van der Waals surface area contributed by atoms with Gasteiger partial charge in [0, 0.05) is 24.8 Å². The molecule has 0 unspecified atom stereocenters. The van der Waals surface area contributed by atoms with Gasteiger partial charge in [-0.25, -0.2) is 14.6 Å². The van der Waals surface area contributed by atoms with Gasteiger partial charge in [0.2, 0.25) is 0 Å². The van der Waals surface area contributed by atoms with Crippen LogP contribution >= 0.6 is 0 Å². The van der Waals surface area contributed by atoms with Crippen molar-refractivity contribution in [3.05, 3.63) is 29.8 Å². The van der Waals surface area contributed by atoms with Gasteiger partial charge in [-0.15, -0.1) is 0 Å². The average molecular weight is 301 g/mol. The lowest BCUT2D eigenvalue weighted by Crippen LogP contribution is -2.39. The van der Waals surface area contributed by atoms with Crippen LogP contribution in [0.3, 0.4) is 0 Å². The predicted molar refractivity (Wildman–Crippen MR) is 81.2 cm³/mol. The first-order valence-corrected chi connectivity index (χ1v) is 7.38. The van der Waals surface area contributed by atoms with E-state index in [2.05, 4.69) is 15.1 Å². The van der Waals surface area contributed by atoms with Crippen LogP contribution < -0.4 is 4.90 Å². The van der Waals surface area contributed by atoms with Crippen LogP contribution in [0.15, 0.2) is 18.5 Å². The van der Waals surface area contributed by atoms with E-state index in [1.807, 2.05) is 30.9 Å². The maximum absolute atomic E-state index is 11.2. The number of carbonyl (C=O) groups is 1. The molecule has 2 aromatic rings. The molecular formula is C15H19N5O2. The number of hydrogen-bond donors (Lipinski definition) is 1. The van der Waals surface area contributed by atoms with E-state index in [1.54, 1.807) is 4.68 Å². The molecule has 7 heteroatoms. The molecule has 1 fully saturated rings. The summed E-state index contributed by atoms with van der Waals surface area (Å²) < 4.78 is 1.78. The summed E-state index contributed by atoms with van der Waals surface area (Å²) in [5, 5.41) is 13.6. The number of rotatable bonds is 3. The average Bonchev–Trinajstić information content (AvgIpc) is 2.86. The van der Waals surface area contributed by atoms with E-state index in [4.69, 9.17) is 0 Å². The number of piperidine rings is 1. The highest BCUT2D eigenvalue weighted by Gasteiger charge is 2.26. The Hall–Kier alpha value is -2.44. The number of carboxylic acid groups (broad SMARTS) is 1. The highest BCUT2D eigenvalue weighted by atomic mass is 16.4. The smallest absolute Gasteiger partial charge is 0.308 e. The highest BCUT2D eigenvalue weighted by Crippen LogP contribution is 2.23. The minimum absolute atomic E-state index is 0.333. The maximum atomic E-state index is 11.2. The van der Waals surface area contributed by atoms with Gasteiger partial charge in [0.1, 0.15) is 12.1 Å². The first kappa shape index (κ1) is 14.5. The summed E-state index contributed by atoms with van der Waals surface area (Å²) in [7, 11) is 0. The van der Waals surface area contributed by atoms with Gasteiger partial charge in [0.25, 0.3) is 0 Å². The van der Waals surface area contributed by atoms with Crippen LogP contribution in [0.4, 0.5) is 5.82 Å². The molecule has 0 spiro atoms. The minimum Gasteiger partial charge on any atom is -0.481 e. The van der Waals surface area contributed by atoms with Crippen LogP contribution in [-0.4, -0.2) is 43.9 Å². The van der Waals surface area contributed by atoms with Crippen molar-refractivity contribution in [2.75, 3.05) is 18.0 Å². The molecule has 0 saturated carbocycles. The van der Waals surface area contributed by atoms with Crippen LogP contribution in [0, 0.1) is 19.8 Å². The molecule has 1 atom stereocenters. The van der Waals surface area contributed by atoms with Crippen LogP contribution in [0.5, 0.6) is 0 Å². The van der Waals surface area contributed by atoms with Gasteiger partial charge in [0.05, 0.1) is 11.6 Å². The lowest BCUT2D eigenvalue weighted by atomic mass is 9.98. The quantitative estimate of drug-likeness (QED) is 0.926. The van der Waals surface area contributed by atoms with Crippen molar-refractivity contribution in [3.63, 3.8) is 0 Å². The number of anilines is 1. The van der Waals surface area contributed by atoms with Crippen LogP contribution in [-0.2, 0) is 4.79 Å². The molecule has 0 aliphatic carbocycles. The zero-order valence-corrected chi connectivity index (χ0v) is 12.7. The summed E-state index contributed by atoms with van der Waals surface area (Å²) in [6.45, 7) is 5.22. The SMILES string of the molecule is Cc1cc(C)n(-c2cc(N3CCC[C@H](C(=O)O)C3)ncn2)n1. The summed E-state index contributed by atoms with van der Waals surface area (Å²) >= 11 is 0. The molecule has 0 bridgehead atoms. The van der Waals surface area contributed by atoms with Gasteiger partial charge in [-0.1, -0.05) is 0 Å². The second-order valence-corrected chi connectivity index (χ2v) is 5.70. The van der Waals surface area contributed by atoms with E-state index < -0.39 is 5.97 Å². The molecule has 7 nitrogen and oxygen atoms in total. The molecule has 0 amide bonds. The maximum Gasteiger partial charge on any atom is 0.308 e. The largest absolute Gasteiger partial charge is 0.481 e. The Kier molecular flexibility index (Phi) is 3.79. The topological polar surface area (TPSA) is 84.1 Å². The van der Waals surface area contributed by atoms with Gasteiger partial charge in [-0.3, -0.25) is 4.79 Å². The monoisotopic (exact) mass is 301 g/mol. The van der Waals surface area contributed by atoms with E-state index in [0.717, 1.165) is 36.6 Å². The molecule has 22 heavy (non-hydrogen) atoms. The fourth-order valence-electron chi connectivity index (χ4n) is 2.87. The summed E-state index contributed by atoms with van der Waals surface area (Å²) in [4.78, 5) is 21.8. The standard InChI is InChI=1S/C15H19N5O2/c1-10-6-11(2)20(18-10)14-7-13(16-9-17-14)19-5-3-4-12(8-19)15(21)22/h6-7,9,12H,3-5,8H2,1-2H3,(H,21,22)/t12-/m0/s1. The summed E-state index contributed by atoms with van der Waals surface area (Å²) in [5.41, 5.74) is 1.94. The molecule has 1 N–H and O–H groups in total. The van der Waals surface area contributed by atoms with Crippen molar-refractivity contribution in [1.82, 2.24) is 19.7 Å². The predicted octanol–water partition coefficient (Wildman–Crippen LogP) is 1.58. The molecule has 3 rings (SSSR count). The minimum atomic E-state index is -0.738. The van der Waals surface area contributed by atoms with E-state index in [-0.39, 0.29) is 5.92 Å². The molecule has 1 aliphatic rings. The molecule has 1 saturated heterocycles. The van der Waals surface area contributed by atoms with Crippen LogP contribution in [0.2, 0.25) is 0 Å². The third-order valence-electron chi connectivity index (χ3n) is 3.96. The van der Waals surface area contributed by atoms with Gasteiger partial charge < -0.3 is 10.0 Å². The van der Waals surface area contributed by atoms with Gasteiger partial charge in [0.15, 0.2) is 5.82 Å². The number of aliphatic carboxylic acids is 1. The summed E-state index contributed by atoms with van der Waals surface area (Å²) in [6.07, 6.45) is 3.09. The van der Waals surface area contributed by atoms with Crippen molar-refractivity contribution >= 4 is 11.8 Å². The number of carboxylic acids is 1. The zero-order valence-electron chi connectivity index (χ0n) is 12.7. The first-order chi connectivity index (χ1) is 10.5. The first-order valence-electron chi connectivity index (χ1n) is 7.38. The van der Waals surface area contributed by atoms with Gasteiger partial charge in [-0.05, 0) is 32.8 Å². The third-order valence-corrected chi connectivity index (χ3v) is 3.96. The third kappa shape index (κ3) is 2.79. The number of hydrogen-bond acceptors (Lipinski definition) is 5. The lowest BCUT2D eigenvalue weighted by Gasteiger charge is -2.31. The molecular weight excluding hydrogens is 282 g/mol. The van der Waals surface area contributed by atoms with Crippen molar-refractivity contribution in [1.29, 1.82) is 0 Å². The fourth-order valence-corrected chi connectivity index (χ4v) is 2.87. The summed E-state index contributed by atoms with van der Waals surface area (Å²) in [6, 6.07) is 3.85. The molecule has 2 aromatic heterocycles.